The van der Waals surface area contributed by atoms with Gasteiger partial charge in [-0.3, -0.25) is 25.2 Å². The van der Waals surface area contributed by atoms with Gasteiger partial charge in [-0.05, 0) is 42.7 Å². The molecule has 0 unspecified atom stereocenters. The van der Waals surface area contributed by atoms with Gasteiger partial charge in [0.25, 0.3) is 11.6 Å². The number of nitrogens with zero attached hydrogens (tertiary/aromatic N) is 3. The van der Waals surface area contributed by atoms with E-state index in [9.17, 15) is 14.9 Å². The molecule has 30 heavy (non-hydrogen) atoms. The smallest absolute Gasteiger partial charge is 0.269 e. The number of nitro groups is 1. The Kier molecular flexibility index (Phi) is 5.45. The van der Waals surface area contributed by atoms with E-state index in [1.165, 1.54) is 12.1 Å². The summed E-state index contributed by atoms with van der Waals surface area (Å²) in [5, 5.41) is 12.5. The van der Waals surface area contributed by atoms with E-state index in [2.05, 4.69) is 10.3 Å². The van der Waals surface area contributed by atoms with Crippen molar-refractivity contribution < 1.29 is 19.2 Å². The van der Waals surface area contributed by atoms with Crippen molar-refractivity contribution in [2.75, 3.05) is 26.2 Å². The molecular weight excluding hydrogens is 388 g/mol. The first kappa shape index (κ1) is 20.0. The van der Waals surface area contributed by atoms with Crippen molar-refractivity contribution in [1.82, 2.24) is 9.91 Å². The van der Waals surface area contributed by atoms with Crippen LogP contribution in [0.1, 0.15) is 18.4 Å². The minimum absolute atomic E-state index is 0.01000. The molecule has 4 rings (SSSR count). The molecule has 158 valence electrons. The second-order valence-electron chi connectivity index (χ2n) is 7.39. The van der Waals surface area contributed by atoms with Crippen LogP contribution in [0.5, 0.6) is 11.5 Å². The van der Waals surface area contributed by atoms with Crippen molar-refractivity contribution in [3.8, 4) is 11.5 Å². The Bertz CT molecular complexity index is 949. The first-order chi connectivity index (χ1) is 14.5. The lowest BCUT2D eigenvalue weighted by atomic mass is 10.1. The summed E-state index contributed by atoms with van der Waals surface area (Å²) in [6.45, 7) is 0.854. The number of hydrazine groups is 1. The lowest BCUT2D eigenvalue weighted by Crippen LogP contribution is -2.44. The molecule has 1 amide bonds. The van der Waals surface area contributed by atoms with E-state index in [0.29, 0.717) is 23.6 Å². The summed E-state index contributed by atoms with van der Waals surface area (Å²) in [6.07, 6.45) is 2.27. The van der Waals surface area contributed by atoms with Gasteiger partial charge in [-0.25, -0.2) is 5.01 Å². The van der Waals surface area contributed by atoms with Gasteiger partial charge in [0.05, 0.1) is 30.9 Å². The Balaban J connectivity index is 1.58. The number of hydrogen-bond acceptors (Lipinski definition) is 7. The van der Waals surface area contributed by atoms with Crippen LogP contribution in [0.4, 0.5) is 11.4 Å². The van der Waals surface area contributed by atoms with Crippen LogP contribution in [-0.2, 0) is 11.2 Å². The van der Waals surface area contributed by atoms with Crippen LogP contribution in [0.2, 0.25) is 0 Å². The van der Waals surface area contributed by atoms with E-state index in [-0.39, 0.29) is 23.8 Å². The average molecular weight is 412 g/mol. The number of carbonyl (C=O) groups is 1. The van der Waals surface area contributed by atoms with E-state index in [4.69, 9.17) is 9.47 Å². The normalized spacial score (nSPS) is 20.9. The maximum Gasteiger partial charge on any atom is 0.269 e. The summed E-state index contributed by atoms with van der Waals surface area (Å²) in [4.78, 5) is 25.7. The standard InChI is InChI=1S/C21H24N4O5/c1-29-18-10-5-14(12-19(18)30-2)13-20-23-11-3-4-17(23)21(26)24(20)22-15-6-8-16(9-7-15)25(27)28/h5-10,12,17,20,22H,3-4,11,13H2,1-2H3/t17-,20+/m0/s1. The molecular formula is C21H24N4O5. The van der Waals surface area contributed by atoms with E-state index in [1.54, 1.807) is 31.4 Å². The molecule has 2 heterocycles. The number of ether oxygens (including phenoxy) is 2. The van der Waals surface area contributed by atoms with E-state index >= 15 is 0 Å². The summed E-state index contributed by atoms with van der Waals surface area (Å²) in [5.74, 6) is 1.33. The second kappa shape index (κ2) is 8.19. The van der Waals surface area contributed by atoms with Gasteiger partial charge < -0.3 is 9.47 Å². The van der Waals surface area contributed by atoms with Crippen molar-refractivity contribution in [3.63, 3.8) is 0 Å². The molecule has 0 aliphatic carbocycles. The van der Waals surface area contributed by atoms with Crippen LogP contribution >= 0.6 is 0 Å². The molecule has 0 radical (unpaired) electrons. The SMILES string of the molecule is COc1ccc(C[C@H]2N(Nc3ccc([N+](=O)[O-])cc3)C(=O)[C@@H]3CCCN32)cc1OC. The van der Waals surface area contributed by atoms with Gasteiger partial charge >= 0.3 is 0 Å². The molecule has 9 nitrogen and oxygen atoms in total. The number of carbonyl (C=O) groups excluding carboxylic acids is 1. The third-order valence-corrected chi connectivity index (χ3v) is 5.69. The first-order valence-corrected chi connectivity index (χ1v) is 9.82. The minimum atomic E-state index is -0.444. The number of methoxy groups -OCH3 is 2. The number of rotatable bonds is 7. The fourth-order valence-electron chi connectivity index (χ4n) is 4.22. The molecule has 2 aliphatic heterocycles. The monoisotopic (exact) mass is 412 g/mol. The van der Waals surface area contributed by atoms with Crippen LogP contribution < -0.4 is 14.9 Å². The molecule has 0 spiro atoms. The minimum Gasteiger partial charge on any atom is -0.493 e. The fraction of sp³-hybridized carbons (Fsp3) is 0.381. The Morgan fingerprint density at radius 3 is 2.53 bits per heavy atom. The molecule has 0 bridgehead atoms. The molecule has 1 N–H and O–H groups in total. The fourth-order valence-corrected chi connectivity index (χ4v) is 4.22. The summed E-state index contributed by atoms with van der Waals surface area (Å²) in [6, 6.07) is 11.7. The zero-order valence-electron chi connectivity index (χ0n) is 16.9. The maximum atomic E-state index is 13.1. The van der Waals surface area contributed by atoms with Crippen molar-refractivity contribution in [1.29, 1.82) is 0 Å². The van der Waals surface area contributed by atoms with Gasteiger partial charge in [0.2, 0.25) is 0 Å². The lowest BCUT2D eigenvalue weighted by Gasteiger charge is -2.30. The molecule has 2 aromatic rings. The van der Waals surface area contributed by atoms with Gasteiger partial charge in [0.15, 0.2) is 11.5 Å². The second-order valence-corrected chi connectivity index (χ2v) is 7.39. The zero-order chi connectivity index (χ0) is 21.3. The Morgan fingerprint density at radius 1 is 1.13 bits per heavy atom. The van der Waals surface area contributed by atoms with Gasteiger partial charge in [0, 0.05) is 25.1 Å². The third-order valence-electron chi connectivity index (χ3n) is 5.69. The largest absolute Gasteiger partial charge is 0.493 e. The summed E-state index contributed by atoms with van der Waals surface area (Å²) in [7, 11) is 3.19. The quantitative estimate of drug-likeness (QED) is 0.552. The highest BCUT2D eigenvalue weighted by atomic mass is 16.6. The topological polar surface area (TPSA) is 97.2 Å². The van der Waals surface area contributed by atoms with E-state index in [0.717, 1.165) is 24.9 Å². The third kappa shape index (κ3) is 3.63. The molecule has 0 saturated carbocycles. The predicted molar refractivity (Wildman–Crippen MR) is 110 cm³/mol. The van der Waals surface area contributed by atoms with E-state index in [1.807, 2.05) is 18.2 Å². The summed E-state index contributed by atoms with van der Waals surface area (Å²) >= 11 is 0. The first-order valence-electron chi connectivity index (χ1n) is 9.82. The number of fused-ring (bicyclic) bond motifs is 1. The van der Waals surface area contributed by atoms with Gasteiger partial charge in [-0.1, -0.05) is 6.07 Å². The van der Waals surface area contributed by atoms with Gasteiger partial charge in [-0.15, -0.1) is 0 Å². The molecule has 2 aromatic carbocycles. The van der Waals surface area contributed by atoms with Gasteiger partial charge in [-0.2, -0.15) is 0 Å². The number of hydrogen-bond donors (Lipinski definition) is 1. The molecule has 2 saturated heterocycles. The van der Waals surface area contributed by atoms with Crippen molar-refractivity contribution in [2.24, 2.45) is 0 Å². The highest BCUT2D eigenvalue weighted by Gasteiger charge is 2.48. The van der Waals surface area contributed by atoms with Crippen molar-refractivity contribution in [3.05, 3.63) is 58.1 Å². The number of benzene rings is 2. The maximum absolute atomic E-state index is 13.1. The molecule has 2 atom stereocenters. The molecule has 0 aromatic heterocycles. The average Bonchev–Trinajstić information content (AvgIpc) is 3.33. The summed E-state index contributed by atoms with van der Waals surface area (Å²) < 4.78 is 10.7. The molecule has 2 fully saturated rings. The number of amides is 1. The van der Waals surface area contributed by atoms with E-state index < -0.39 is 4.92 Å². The van der Waals surface area contributed by atoms with Crippen LogP contribution in [0, 0.1) is 10.1 Å². The summed E-state index contributed by atoms with van der Waals surface area (Å²) in [5.41, 5.74) is 4.83. The van der Waals surface area contributed by atoms with Crippen LogP contribution in [0.25, 0.3) is 0 Å². The Morgan fingerprint density at radius 2 is 1.87 bits per heavy atom. The highest BCUT2D eigenvalue weighted by molar-refractivity contribution is 5.86. The van der Waals surface area contributed by atoms with Crippen LogP contribution in [-0.4, -0.2) is 53.7 Å². The molecule has 2 aliphatic rings. The highest BCUT2D eigenvalue weighted by Crippen LogP contribution is 2.34. The zero-order valence-corrected chi connectivity index (χ0v) is 16.9. The number of nitrogens with one attached hydrogen (secondary N) is 1. The predicted octanol–water partition coefficient (Wildman–Crippen LogP) is 2.81. The van der Waals surface area contributed by atoms with Crippen molar-refractivity contribution >= 4 is 17.3 Å². The van der Waals surface area contributed by atoms with Crippen LogP contribution in [0.15, 0.2) is 42.5 Å². The number of non-ortho nitro benzene ring substituents is 1. The number of anilines is 1. The van der Waals surface area contributed by atoms with Crippen LogP contribution in [0.3, 0.4) is 0 Å². The lowest BCUT2D eigenvalue weighted by molar-refractivity contribution is -0.384. The Hall–Kier alpha value is -3.33. The van der Waals surface area contributed by atoms with Gasteiger partial charge in [0.1, 0.15) is 6.17 Å². The number of nitro benzene ring substituents is 1. The Labute approximate surface area is 174 Å². The molecule has 9 heteroatoms. The van der Waals surface area contributed by atoms with Crippen molar-refractivity contribution in [2.45, 2.75) is 31.5 Å².